The number of hydrogen-bond acceptors (Lipinski definition) is 6. The number of methoxy groups -OCH3 is 2. The number of halogens is 1. The molecule has 0 atom stereocenters. The molecule has 25 heavy (non-hydrogen) atoms. The minimum atomic E-state index is -0.630. The molecule has 0 bridgehead atoms. The van der Waals surface area contributed by atoms with Crippen molar-refractivity contribution >= 4 is 34.3 Å². The zero-order valence-electron chi connectivity index (χ0n) is 14.3. The quantitative estimate of drug-likeness (QED) is 0.592. The van der Waals surface area contributed by atoms with Crippen molar-refractivity contribution in [3.05, 3.63) is 37.5 Å². The molecule has 2 aromatic rings. The molecule has 0 aliphatic carbocycles. The Morgan fingerprint density at radius 2 is 1.88 bits per heavy atom. The fourth-order valence-electron chi connectivity index (χ4n) is 2.62. The highest BCUT2D eigenvalue weighted by atomic mass is 35.5. The highest BCUT2D eigenvalue weighted by molar-refractivity contribution is 7.99. The van der Waals surface area contributed by atoms with Gasteiger partial charge in [-0.05, 0) is 18.6 Å². The maximum absolute atomic E-state index is 12.1. The van der Waals surface area contributed by atoms with Gasteiger partial charge in [0.25, 0.3) is 5.56 Å². The van der Waals surface area contributed by atoms with Crippen LogP contribution in [0.3, 0.4) is 0 Å². The molecule has 1 heterocycles. The topological polar surface area (TPSA) is 104 Å². The molecule has 0 saturated heterocycles. The van der Waals surface area contributed by atoms with Crippen molar-refractivity contribution in [1.82, 2.24) is 9.97 Å². The predicted molar refractivity (Wildman–Crippen MR) is 98.9 cm³/mol. The van der Waals surface area contributed by atoms with Crippen LogP contribution in [-0.2, 0) is 9.47 Å². The Hall–Kier alpha value is -1.32. The van der Waals surface area contributed by atoms with Gasteiger partial charge in [0.2, 0.25) is 0 Å². The van der Waals surface area contributed by atoms with Gasteiger partial charge in [0.15, 0.2) is 0 Å². The smallest absolute Gasteiger partial charge is 0.326 e. The maximum Gasteiger partial charge on any atom is 0.326 e. The summed E-state index contributed by atoms with van der Waals surface area (Å²) in [6, 6.07) is 1.64. The second-order valence-electron chi connectivity index (χ2n) is 5.98. The third-order valence-corrected chi connectivity index (χ3v) is 5.92. The minimum absolute atomic E-state index is 0.139. The van der Waals surface area contributed by atoms with Gasteiger partial charge in [-0.25, -0.2) is 4.79 Å². The van der Waals surface area contributed by atoms with E-state index in [1.807, 2.05) is 0 Å². The molecular weight excluding hydrogens is 368 g/mol. The van der Waals surface area contributed by atoms with E-state index in [9.17, 15) is 14.7 Å². The van der Waals surface area contributed by atoms with Gasteiger partial charge in [0, 0.05) is 25.4 Å². The Balaban J connectivity index is 2.51. The average Bonchev–Trinajstić information content (AvgIpc) is 2.56. The lowest BCUT2D eigenvalue weighted by molar-refractivity contribution is -0.0104. The van der Waals surface area contributed by atoms with Gasteiger partial charge in [-0.1, -0.05) is 11.6 Å². The van der Waals surface area contributed by atoms with Gasteiger partial charge in [-0.2, -0.15) is 0 Å². The highest BCUT2D eigenvalue weighted by Gasteiger charge is 2.31. The largest absolute Gasteiger partial charge is 0.396 e. The highest BCUT2D eigenvalue weighted by Crippen LogP contribution is 2.38. The number of nitrogens with one attached hydrogen (secondary N) is 2. The number of thioether (sulfide) groups is 1. The van der Waals surface area contributed by atoms with E-state index in [0.717, 1.165) is 5.56 Å². The van der Waals surface area contributed by atoms with E-state index in [0.29, 0.717) is 39.8 Å². The number of aliphatic hydroxyl groups is 1. The molecule has 0 amide bonds. The van der Waals surface area contributed by atoms with Crippen LogP contribution in [0.15, 0.2) is 20.6 Å². The van der Waals surface area contributed by atoms with E-state index in [-0.39, 0.29) is 6.61 Å². The number of aromatic amines is 2. The number of benzene rings is 1. The monoisotopic (exact) mass is 388 g/mol. The Morgan fingerprint density at radius 1 is 1.24 bits per heavy atom. The molecule has 3 N–H and O–H groups in total. The SMILES string of the molecule is COCC(CO)(COC)CSc1c(Cl)c(C)cc2c(=O)[nH]c(=O)[nH]c12. The third-order valence-electron chi connectivity index (χ3n) is 3.87. The number of aromatic nitrogens is 2. The van der Waals surface area contributed by atoms with Gasteiger partial charge in [0.05, 0.1) is 40.6 Å². The first kappa shape index (κ1) is 20.0. The fraction of sp³-hybridized carbons (Fsp3) is 0.500. The fourth-order valence-corrected chi connectivity index (χ4v) is 4.23. The molecule has 9 heteroatoms. The van der Waals surface area contributed by atoms with E-state index in [1.54, 1.807) is 27.2 Å². The summed E-state index contributed by atoms with van der Waals surface area (Å²) in [7, 11) is 3.10. The number of ether oxygens (including phenoxy) is 2. The van der Waals surface area contributed by atoms with Gasteiger partial charge >= 0.3 is 5.69 Å². The number of H-pyrrole nitrogens is 2. The van der Waals surface area contributed by atoms with Crippen molar-refractivity contribution in [3.63, 3.8) is 0 Å². The van der Waals surface area contributed by atoms with Gasteiger partial charge in [-0.3, -0.25) is 9.78 Å². The van der Waals surface area contributed by atoms with Crippen molar-refractivity contribution in [3.8, 4) is 0 Å². The summed E-state index contributed by atoms with van der Waals surface area (Å²) in [6.45, 7) is 2.24. The summed E-state index contributed by atoms with van der Waals surface area (Å²) in [5.74, 6) is 0.429. The van der Waals surface area contributed by atoms with Crippen LogP contribution in [0.4, 0.5) is 0 Å². The van der Waals surface area contributed by atoms with E-state index >= 15 is 0 Å². The summed E-state index contributed by atoms with van der Waals surface area (Å²) in [6.07, 6.45) is 0. The van der Waals surface area contributed by atoms with E-state index in [1.165, 1.54) is 11.8 Å². The summed E-state index contributed by atoms with van der Waals surface area (Å²) < 4.78 is 10.4. The first-order valence-electron chi connectivity index (χ1n) is 7.54. The molecule has 0 fully saturated rings. The molecule has 7 nitrogen and oxygen atoms in total. The average molecular weight is 389 g/mol. The van der Waals surface area contributed by atoms with Crippen molar-refractivity contribution < 1.29 is 14.6 Å². The summed E-state index contributed by atoms with van der Waals surface area (Å²) in [5.41, 5.74) is -0.586. The summed E-state index contributed by atoms with van der Waals surface area (Å²) in [4.78, 5) is 29.2. The predicted octanol–water partition coefficient (Wildman–Crippen LogP) is 1.54. The van der Waals surface area contributed by atoms with Crippen molar-refractivity contribution in [2.45, 2.75) is 11.8 Å². The lowest BCUT2D eigenvalue weighted by atomic mass is 9.94. The van der Waals surface area contributed by atoms with Crippen LogP contribution >= 0.6 is 23.4 Å². The van der Waals surface area contributed by atoms with Crippen LogP contribution in [0.5, 0.6) is 0 Å². The Morgan fingerprint density at radius 3 is 2.44 bits per heavy atom. The minimum Gasteiger partial charge on any atom is -0.396 e. The first-order chi connectivity index (χ1) is 11.9. The van der Waals surface area contributed by atoms with Gasteiger partial charge in [-0.15, -0.1) is 11.8 Å². The van der Waals surface area contributed by atoms with Gasteiger partial charge in [0.1, 0.15) is 0 Å². The van der Waals surface area contributed by atoms with E-state index in [2.05, 4.69) is 9.97 Å². The number of fused-ring (bicyclic) bond motifs is 1. The van der Waals surface area contributed by atoms with Crippen molar-refractivity contribution in [2.75, 3.05) is 39.8 Å². The van der Waals surface area contributed by atoms with Crippen LogP contribution in [0, 0.1) is 12.3 Å². The number of hydrogen-bond donors (Lipinski definition) is 3. The number of aliphatic hydroxyl groups excluding tert-OH is 1. The molecule has 138 valence electrons. The van der Waals surface area contributed by atoms with Crippen molar-refractivity contribution in [2.24, 2.45) is 5.41 Å². The van der Waals surface area contributed by atoms with E-state index < -0.39 is 16.7 Å². The molecule has 0 radical (unpaired) electrons. The Labute approximate surface area is 153 Å². The van der Waals surface area contributed by atoms with Gasteiger partial charge < -0.3 is 19.6 Å². The first-order valence-corrected chi connectivity index (χ1v) is 8.91. The lowest BCUT2D eigenvalue weighted by Gasteiger charge is -2.30. The normalized spacial score (nSPS) is 12.0. The van der Waals surface area contributed by atoms with Crippen molar-refractivity contribution in [1.29, 1.82) is 0 Å². The number of rotatable bonds is 8. The molecule has 0 aliphatic rings. The number of aryl methyl sites for hydroxylation is 1. The second kappa shape index (κ2) is 8.37. The van der Waals surface area contributed by atoms with Crippen LogP contribution in [0.25, 0.3) is 10.9 Å². The molecule has 0 saturated carbocycles. The van der Waals surface area contributed by atoms with E-state index in [4.69, 9.17) is 21.1 Å². The molecule has 2 rings (SSSR count). The molecule has 1 aromatic carbocycles. The molecule has 0 unspecified atom stereocenters. The zero-order valence-corrected chi connectivity index (χ0v) is 15.8. The molecule has 1 aromatic heterocycles. The molecule has 0 aliphatic heterocycles. The molecule has 0 spiro atoms. The lowest BCUT2D eigenvalue weighted by Crippen LogP contribution is -2.38. The Kier molecular flexibility index (Phi) is 6.70. The molecular formula is C16H21ClN2O5S. The standard InChI is InChI=1S/C16H21ClN2O5S/c1-9-4-10-12(18-15(22)19-14(10)21)13(11(9)17)25-8-16(5-20,6-23-2)7-24-3/h4,20H,5-8H2,1-3H3,(H2,18,19,21,22). The van der Waals surface area contributed by atoms with Crippen LogP contribution < -0.4 is 11.2 Å². The van der Waals surface area contributed by atoms with Crippen LogP contribution in [0.2, 0.25) is 5.02 Å². The summed E-state index contributed by atoms with van der Waals surface area (Å²) in [5, 5.41) is 10.6. The van der Waals surface area contributed by atoms with Crippen LogP contribution in [-0.4, -0.2) is 54.9 Å². The zero-order chi connectivity index (χ0) is 18.6. The van der Waals surface area contributed by atoms with Crippen LogP contribution in [0.1, 0.15) is 5.56 Å². The maximum atomic E-state index is 12.1. The third kappa shape index (κ3) is 4.27. The summed E-state index contributed by atoms with van der Waals surface area (Å²) >= 11 is 7.77. The Bertz CT molecular complexity index is 858. The second-order valence-corrected chi connectivity index (χ2v) is 7.34.